The number of rotatable bonds is 3. The third kappa shape index (κ3) is 3.85. The smallest absolute Gasteiger partial charge is 0.270 e. The van der Waals surface area contributed by atoms with Crippen molar-refractivity contribution in [1.82, 2.24) is 5.32 Å². The maximum atomic E-state index is 12.7. The quantitative estimate of drug-likeness (QED) is 0.376. The first kappa shape index (κ1) is 19.5. The van der Waals surface area contributed by atoms with Crippen LogP contribution < -0.4 is 10.2 Å². The monoisotopic (exact) mass is 388 g/mol. The van der Waals surface area contributed by atoms with Crippen molar-refractivity contribution in [2.75, 3.05) is 4.90 Å². The molecule has 1 aliphatic rings. The Balaban J connectivity index is 0.00000243. The molecule has 2 amide bonds. The van der Waals surface area contributed by atoms with E-state index < -0.39 is 17.6 Å². The second-order valence-electron chi connectivity index (χ2n) is 5.16. The van der Waals surface area contributed by atoms with E-state index in [2.05, 4.69) is 5.32 Å². The lowest BCUT2D eigenvalue weighted by Gasteiger charge is -2.28. The van der Waals surface area contributed by atoms with Gasteiger partial charge < -0.3 is 5.48 Å². The van der Waals surface area contributed by atoms with Gasteiger partial charge in [-0.3, -0.25) is 24.6 Å². The van der Waals surface area contributed by atoms with Crippen LogP contribution in [0.25, 0.3) is 0 Å². The zero-order valence-corrected chi connectivity index (χ0v) is 14.8. The van der Waals surface area contributed by atoms with Gasteiger partial charge in [0.15, 0.2) is 10.9 Å². The molecule has 0 unspecified atom stereocenters. The average Bonchev–Trinajstić information content (AvgIpc) is 2.60. The fourth-order valence-corrected chi connectivity index (χ4v) is 2.71. The third-order valence-corrected chi connectivity index (χ3v) is 4.06. The molecule has 0 spiro atoms. The maximum Gasteiger partial charge on any atom is 0.270 e. The first-order valence-corrected chi connectivity index (χ1v) is 8.02. The summed E-state index contributed by atoms with van der Waals surface area (Å²) in [6.45, 7) is 0. The Morgan fingerprint density at radius 2 is 1.65 bits per heavy atom. The van der Waals surface area contributed by atoms with Gasteiger partial charge >= 0.3 is 0 Å². The van der Waals surface area contributed by atoms with Crippen molar-refractivity contribution in [3.8, 4) is 0 Å². The van der Waals surface area contributed by atoms with Crippen molar-refractivity contribution in [3.05, 3.63) is 76.8 Å². The van der Waals surface area contributed by atoms with Crippen LogP contribution in [0.15, 0.2) is 66.2 Å². The molecule has 8 heteroatoms. The number of amides is 2. The van der Waals surface area contributed by atoms with E-state index in [0.717, 1.165) is 11.0 Å². The zero-order valence-electron chi connectivity index (χ0n) is 13.2. The molecule has 1 fully saturated rings. The Hall–Kier alpha value is -2.87. The number of halogens is 1. The van der Waals surface area contributed by atoms with Crippen LogP contribution in [0.2, 0.25) is 5.02 Å². The molecule has 6 nitrogen and oxygen atoms in total. The number of benzene rings is 2. The number of ketones is 1. The van der Waals surface area contributed by atoms with Crippen molar-refractivity contribution in [2.24, 2.45) is 0 Å². The molecule has 0 radical (unpaired) electrons. The van der Waals surface area contributed by atoms with Crippen LogP contribution in [0.1, 0.15) is 10.4 Å². The minimum absolute atomic E-state index is 0. The number of carbonyl (C=O) groups excluding carboxylic acids is 3. The number of hydrogen-bond donors (Lipinski definition) is 1. The lowest BCUT2D eigenvalue weighted by Crippen LogP contribution is -2.54. The summed E-state index contributed by atoms with van der Waals surface area (Å²) in [6.07, 6.45) is 1.03. The summed E-state index contributed by atoms with van der Waals surface area (Å²) in [7, 11) is 0. The summed E-state index contributed by atoms with van der Waals surface area (Å²) < 4.78 is 0. The molecule has 0 aliphatic carbocycles. The topological polar surface area (TPSA) is 98.0 Å². The molecule has 26 heavy (non-hydrogen) atoms. The van der Waals surface area contributed by atoms with E-state index in [-0.39, 0.29) is 16.2 Å². The van der Waals surface area contributed by atoms with Gasteiger partial charge in [0.1, 0.15) is 5.57 Å². The van der Waals surface area contributed by atoms with Gasteiger partial charge in [-0.1, -0.05) is 41.9 Å². The van der Waals surface area contributed by atoms with E-state index in [1.807, 2.05) is 0 Å². The maximum absolute atomic E-state index is 12.7. The number of nitrogens with zero attached hydrogens (tertiary/aromatic N) is 1. The minimum atomic E-state index is -0.704. The summed E-state index contributed by atoms with van der Waals surface area (Å²) in [4.78, 5) is 38.3. The number of thiocarbonyl (C=S) groups is 1. The first-order chi connectivity index (χ1) is 12.0. The van der Waals surface area contributed by atoms with Gasteiger partial charge in [-0.05, 0) is 36.5 Å². The molecule has 1 heterocycles. The van der Waals surface area contributed by atoms with Crippen molar-refractivity contribution in [1.29, 1.82) is 0 Å². The van der Waals surface area contributed by atoms with E-state index in [0.29, 0.717) is 16.3 Å². The normalized spacial score (nSPS) is 15.5. The highest BCUT2D eigenvalue weighted by molar-refractivity contribution is 7.80. The van der Waals surface area contributed by atoms with Crippen LogP contribution in [0, 0.1) is 0 Å². The Bertz CT molecular complexity index is 911. The number of hydrogen-bond acceptors (Lipinski definition) is 4. The molecular formula is C18H13ClN2O4S. The van der Waals surface area contributed by atoms with E-state index >= 15 is 0 Å². The highest BCUT2D eigenvalue weighted by atomic mass is 35.5. The summed E-state index contributed by atoms with van der Waals surface area (Å²) >= 11 is 10.9. The van der Waals surface area contributed by atoms with Crippen molar-refractivity contribution >= 4 is 52.2 Å². The van der Waals surface area contributed by atoms with Gasteiger partial charge in [-0.15, -0.1) is 0 Å². The van der Waals surface area contributed by atoms with Crippen LogP contribution in [0.5, 0.6) is 0 Å². The first-order valence-electron chi connectivity index (χ1n) is 7.24. The number of allylic oxidation sites excluding steroid dienone is 1. The van der Waals surface area contributed by atoms with E-state index in [1.54, 1.807) is 54.6 Å². The predicted octanol–water partition coefficient (Wildman–Crippen LogP) is 2.07. The number of anilines is 1. The molecule has 0 bridgehead atoms. The molecule has 3 N–H and O–H groups in total. The van der Waals surface area contributed by atoms with Gasteiger partial charge in [0.25, 0.3) is 11.8 Å². The Kier molecular flexibility index (Phi) is 5.99. The fourth-order valence-electron chi connectivity index (χ4n) is 2.30. The molecule has 0 aromatic heterocycles. The Labute approximate surface area is 159 Å². The van der Waals surface area contributed by atoms with E-state index in [4.69, 9.17) is 23.8 Å². The number of nitrogens with one attached hydrogen (secondary N) is 1. The molecule has 3 rings (SSSR count). The Morgan fingerprint density at radius 1 is 1.04 bits per heavy atom. The largest absolute Gasteiger partial charge is 0.412 e. The Morgan fingerprint density at radius 3 is 2.27 bits per heavy atom. The SMILES string of the molecule is O.O=C1NC(=S)N(c2ccc(Cl)cc2)C(=O)/C1=C\C(=O)c1ccccc1. The summed E-state index contributed by atoms with van der Waals surface area (Å²) in [6, 6.07) is 14.8. The summed E-state index contributed by atoms with van der Waals surface area (Å²) in [5.74, 6) is -1.81. The lowest BCUT2D eigenvalue weighted by atomic mass is 10.1. The van der Waals surface area contributed by atoms with Gasteiger partial charge in [0, 0.05) is 16.7 Å². The van der Waals surface area contributed by atoms with Crippen LogP contribution in [0.4, 0.5) is 5.69 Å². The summed E-state index contributed by atoms with van der Waals surface area (Å²) in [5.41, 5.74) is 0.539. The standard InChI is InChI=1S/C18H11ClN2O3S.H2O/c19-12-6-8-13(9-7-12)21-17(24)14(16(23)20-18(21)25)10-15(22)11-4-2-1-3-5-11;/h1-10H,(H,20,23,25);1H2/b14-10-;. The number of carbonyl (C=O) groups is 3. The van der Waals surface area contributed by atoms with Crippen molar-refractivity contribution in [3.63, 3.8) is 0 Å². The van der Waals surface area contributed by atoms with Crippen LogP contribution in [-0.2, 0) is 9.59 Å². The van der Waals surface area contributed by atoms with E-state index in [9.17, 15) is 14.4 Å². The molecule has 0 atom stereocenters. The van der Waals surface area contributed by atoms with Gasteiger partial charge in [-0.25, -0.2) is 0 Å². The van der Waals surface area contributed by atoms with Crippen LogP contribution in [-0.4, -0.2) is 28.2 Å². The van der Waals surface area contributed by atoms with Gasteiger partial charge in [-0.2, -0.15) is 0 Å². The van der Waals surface area contributed by atoms with Crippen LogP contribution in [0.3, 0.4) is 0 Å². The second kappa shape index (κ2) is 8.01. The third-order valence-electron chi connectivity index (χ3n) is 3.52. The lowest BCUT2D eigenvalue weighted by molar-refractivity contribution is -0.122. The molecule has 2 aromatic rings. The van der Waals surface area contributed by atoms with Crippen molar-refractivity contribution in [2.45, 2.75) is 0 Å². The molecule has 1 aliphatic heterocycles. The van der Waals surface area contributed by atoms with E-state index in [1.165, 1.54) is 0 Å². The fraction of sp³-hybridized carbons (Fsp3) is 0. The molecular weight excluding hydrogens is 376 g/mol. The molecule has 1 saturated heterocycles. The van der Waals surface area contributed by atoms with Gasteiger partial charge in [0.2, 0.25) is 0 Å². The second-order valence-corrected chi connectivity index (χ2v) is 5.99. The molecule has 2 aromatic carbocycles. The average molecular weight is 389 g/mol. The van der Waals surface area contributed by atoms with Crippen molar-refractivity contribution < 1.29 is 19.9 Å². The minimum Gasteiger partial charge on any atom is -0.412 e. The predicted molar refractivity (Wildman–Crippen MR) is 102 cm³/mol. The zero-order chi connectivity index (χ0) is 18.0. The molecule has 132 valence electrons. The van der Waals surface area contributed by atoms with Gasteiger partial charge in [0.05, 0.1) is 5.69 Å². The van der Waals surface area contributed by atoms with Crippen LogP contribution >= 0.6 is 23.8 Å². The highest BCUT2D eigenvalue weighted by Crippen LogP contribution is 2.22. The molecule has 0 saturated carbocycles. The highest BCUT2D eigenvalue weighted by Gasteiger charge is 2.35. The summed E-state index contributed by atoms with van der Waals surface area (Å²) in [5, 5.41) is 2.87.